The lowest BCUT2D eigenvalue weighted by atomic mass is 10.4. The van der Waals surface area contributed by atoms with Gasteiger partial charge in [-0.15, -0.1) is 0 Å². The zero-order chi connectivity index (χ0) is 14.5. The van der Waals surface area contributed by atoms with Crippen LogP contribution in [-0.2, 0) is 14.3 Å². The molecule has 0 atom stereocenters. The SMILES string of the molecule is C=C(C)C(=O)OCCOCCCN(CCO)CCO. The Morgan fingerprint density at radius 1 is 1.11 bits per heavy atom. The molecule has 112 valence electrons. The highest BCUT2D eigenvalue weighted by molar-refractivity contribution is 5.86. The van der Waals surface area contributed by atoms with Gasteiger partial charge in [0.25, 0.3) is 0 Å². The van der Waals surface area contributed by atoms with E-state index in [0.717, 1.165) is 13.0 Å². The van der Waals surface area contributed by atoms with Gasteiger partial charge in [0.15, 0.2) is 0 Å². The third kappa shape index (κ3) is 10.6. The Hall–Kier alpha value is -0.950. The minimum Gasteiger partial charge on any atom is -0.460 e. The lowest BCUT2D eigenvalue weighted by molar-refractivity contribution is -0.140. The molecule has 0 aromatic rings. The van der Waals surface area contributed by atoms with Gasteiger partial charge < -0.3 is 19.7 Å². The van der Waals surface area contributed by atoms with E-state index in [0.29, 0.717) is 31.9 Å². The molecule has 0 unspecified atom stereocenters. The van der Waals surface area contributed by atoms with Crippen LogP contribution in [0.25, 0.3) is 0 Å². The summed E-state index contributed by atoms with van der Waals surface area (Å²) in [6.45, 7) is 8.24. The largest absolute Gasteiger partial charge is 0.460 e. The molecule has 0 aliphatic heterocycles. The van der Waals surface area contributed by atoms with E-state index >= 15 is 0 Å². The highest BCUT2D eigenvalue weighted by Crippen LogP contribution is 1.94. The summed E-state index contributed by atoms with van der Waals surface area (Å²) in [7, 11) is 0. The lowest BCUT2D eigenvalue weighted by Crippen LogP contribution is -2.31. The second kappa shape index (κ2) is 12.1. The van der Waals surface area contributed by atoms with Crippen LogP contribution in [0.4, 0.5) is 0 Å². The van der Waals surface area contributed by atoms with Crippen LogP contribution in [0, 0.1) is 0 Å². The Morgan fingerprint density at radius 2 is 1.74 bits per heavy atom. The molecule has 0 radical (unpaired) electrons. The van der Waals surface area contributed by atoms with Gasteiger partial charge in [-0.05, 0) is 13.3 Å². The van der Waals surface area contributed by atoms with Crippen LogP contribution in [-0.4, -0.2) is 73.8 Å². The average Bonchev–Trinajstić information content (AvgIpc) is 2.37. The van der Waals surface area contributed by atoms with Crippen molar-refractivity contribution in [2.75, 3.05) is 52.7 Å². The van der Waals surface area contributed by atoms with E-state index in [2.05, 4.69) is 6.58 Å². The summed E-state index contributed by atoms with van der Waals surface area (Å²) >= 11 is 0. The molecular weight excluding hydrogens is 250 g/mol. The highest BCUT2D eigenvalue weighted by atomic mass is 16.6. The summed E-state index contributed by atoms with van der Waals surface area (Å²) in [5, 5.41) is 17.6. The molecule has 0 amide bonds. The minimum atomic E-state index is -0.402. The summed E-state index contributed by atoms with van der Waals surface area (Å²) in [4.78, 5) is 13.0. The molecule has 0 aromatic heterocycles. The first kappa shape index (κ1) is 18.0. The monoisotopic (exact) mass is 275 g/mol. The second-order valence-electron chi connectivity index (χ2n) is 4.17. The van der Waals surface area contributed by atoms with Gasteiger partial charge in [0.1, 0.15) is 6.61 Å². The van der Waals surface area contributed by atoms with Gasteiger partial charge in [-0.1, -0.05) is 6.58 Å². The number of esters is 1. The number of hydrogen-bond acceptors (Lipinski definition) is 6. The topological polar surface area (TPSA) is 79.2 Å². The minimum absolute atomic E-state index is 0.0811. The number of hydrogen-bond donors (Lipinski definition) is 2. The standard InChI is InChI=1S/C13H25NO5/c1-12(2)13(17)19-11-10-18-9-3-4-14(5-7-15)6-8-16/h15-16H,1,3-11H2,2H3. The van der Waals surface area contributed by atoms with Crippen LogP contribution >= 0.6 is 0 Å². The van der Waals surface area contributed by atoms with Crippen LogP contribution in [0.3, 0.4) is 0 Å². The van der Waals surface area contributed by atoms with Crippen molar-refractivity contribution < 1.29 is 24.5 Å². The molecular formula is C13H25NO5. The summed E-state index contributed by atoms with van der Waals surface area (Å²) < 4.78 is 10.2. The number of ether oxygens (including phenoxy) is 2. The normalized spacial score (nSPS) is 10.7. The van der Waals surface area contributed by atoms with E-state index in [1.165, 1.54) is 0 Å². The fourth-order valence-corrected chi connectivity index (χ4v) is 1.43. The van der Waals surface area contributed by atoms with Gasteiger partial charge in [0.2, 0.25) is 0 Å². The number of carbonyl (C=O) groups is 1. The second-order valence-corrected chi connectivity index (χ2v) is 4.17. The van der Waals surface area contributed by atoms with Crippen LogP contribution in [0.2, 0.25) is 0 Å². The van der Waals surface area contributed by atoms with E-state index < -0.39 is 5.97 Å². The summed E-state index contributed by atoms with van der Waals surface area (Å²) in [6.07, 6.45) is 0.800. The zero-order valence-electron chi connectivity index (χ0n) is 11.6. The van der Waals surface area contributed by atoms with Crippen molar-refractivity contribution in [2.24, 2.45) is 0 Å². The van der Waals surface area contributed by atoms with Crippen molar-refractivity contribution in [3.05, 3.63) is 12.2 Å². The summed E-state index contributed by atoms with van der Waals surface area (Å²) in [5.74, 6) is -0.402. The first-order chi connectivity index (χ1) is 9.11. The van der Waals surface area contributed by atoms with Gasteiger partial charge >= 0.3 is 5.97 Å². The van der Waals surface area contributed by atoms with Crippen molar-refractivity contribution in [3.8, 4) is 0 Å². The van der Waals surface area contributed by atoms with Crippen molar-refractivity contribution in [1.82, 2.24) is 4.90 Å². The van der Waals surface area contributed by atoms with Gasteiger partial charge in [-0.25, -0.2) is 4.79 Å². The molecule has 0 saturated carbocycles. The van der Waals surface area contributed by atoms with Crippen molar-refractivity contribution in [2.45, 2.75) is 13.3 Å². The van der Waals surface area contributed by atoms with Crippen molar-refractivity contribution in [3.63, 3.8) is 0 Å². The molecule has 19 heavy (non-hydrogen) atoms. The summed E-state index contributed by atoms with van der Waals surface area (Å²) in [6, 6.07) is 0. The van der Waals surface area contributed by atoms with Crippen LogP contribution in [0.15, 0.2) is 12.2 Å². The Balaban J connectivity index is 3.43. The predicted molar refractivity (Wildman–Crippen MR) is 71.8 cm³/mol. The molecule has 6 heteroatoms. The smallest absolute Gasteiger partial charge is 0.333 e. The Morgan fingerprint density at radius 3 is 2.26 bits per heavy atom. The molecule has 0 spiro atoms. The fraction of sp³-hybridized carbons (Fsp3) is 0.769. The Labute approximate surface area is 114 Å². The van der Waals surface area contributed by atoms with Gasteiger partial charge in [0.05, 0.1) is 19.8 Å². The van der Waals surface area contributed by atoms with E-state index in [9.17, 15) is 4.79 Å². The van der Waals surface area contributed by atoms with Crippen LogP contribution < -0.4 is 0 Å². The maximum Gasteiger partial charge on any atom is 0.333 e. The van der Waals surface area contributed by atoms with Crippen molar-refractivity contribution in [1.29, 1.82) is 0 Å². The molecule has 6 nitrogen and oxygen atoms in total. The van der Waals surface area contributed by atoms with Gasteiger partial charge in [-0.2, -0.15) is 0 Å². The summed E-state index contributed by atoms with van der Waals surface area (Å²) in [5.41, 5.74) is 0.378. The highest BCUT2D eigenvalue weighted by Gasteiger charge is 2.04. The van der Waals surface area contributed by atoms with E-state index in [1.54, 1.807) is 6.92 Å². The fourth-order valence-electron chi connectivity index (χ4n) is 1.43. The molecule has 0 aliphatic rings. The van der Waals surface area contributed by atoms with Crippen LogP contribution in [0.1, 0.15) is 13.3 Å². The first-order valence-corrected chi connectivity index (χ1v) is 6.46. The number of rotatable bonds is 12. The van der Waals surface area contributed by atoms with E-state index in [1.807, 2.05) is 4.90 Å². The van der Waals surface area contributed by atoms with Crippen LogP contribution in [0.5, 0.6) is 0 Å². The molecule has 0 aliphatic carbocycles. The molecule has 0 aromatic carbocycles. The van der Waals surface area contributed by atoms with Crippen molar-refractivity contribution >= 4 is 5.97 Å². The first-order valence-electron chi connectivity index (χ1n) is 6.46. The molecule has 0 heterocycles. The maximum absolute atomic E-state index is 11.0. The Kier molecular flexibility index (Phi) is 11.5. The third-order valence-corrected chi connectivity index (χ3v) is 2.40. The Bertz CT molecular complexity index is 251. The number of aliphatic hydroxyl groups is 2. The molecule has 0 fully saturated rings. The predicted octanol–water partition coefficient (Wildman–Crippen LogP) is -0.201. The average molecular weight is 275 g/mol. The van der Waals surface area contributed by atoms with E-state index in [4.69, 9.17) is 19.7 Å². The van der Waals surface area contributed by atoms with Gasteiger partial charge in [-0.3, -0.25) is 4.90 Å². The quantitative estimate of drug-likeness (QED) is 0.292. The molecule has 0 bridgehead atoms. The molecule has 0 rings (SSSR count). The number of aliphatic hydroxyl groups excluding tert-OH is 2. The molecule has 0 saturated heterocycles. The number of carbonyl (C=O) groups excluding carboxylic acids is 1. The third-order valence-electron chi connectivity index (χ3n) is 2.40. The molecule has 2 N–H and O–H groups in total. The number of nitrogens with zero attached hydrogens (tertiary/aromatic N) is 1. The lowest BCUT2D eigenvalue weighted by Gasteiger charge is -2.19. The zero-order valence-corrected chi connectivity index (χ0v) is 11.6. The van der Waals surface area contributed by atoms with Gasteiger partial charge in [0, 0.05) is 31.8 Å². The maximum atomic E-state index is 11.0. The van der Waals surface area contributed by atoms with E-state index in [-0.39, 0.29) is 19.8 Å².